The summed E-state index contributed by atoms with van der Waals surface area (Å²) in [7, 11) is 5.34. The fourth-order valence-corrected chi connectivity index (χ4v) is 3.48. The Morgan fingerprint density at radius 1 is 1.25 bits per heavy atom. The van der Waals surface area contributed by atoms with E-state index in [1.54, 1.807) is 25.0 Å². The predicted molar refractivity (Wildman–Crippen MR) is 116 cm³/mol. The molecule has 0 aliphatic carbocycles. The number of para-hydroxylation sites is 2. The molecule has 0 bridgehead atoms. The van der Waals surface area contributed by atoms with Crippen LogP contribution in [-0.4, -0.2) is 49.0 Å². The number of likely N-dealkylation sites (N-methyl/N-ethyl adjacent to an activating group) is 1. The molecule has 1 amide bonds. The summed E-state index contributed by atoms with van der Waals surface area (Å²) in [6, 6.07) is 7.87. The van der Waals surface area contributed by atoms with E-state index >= 15 is 0 Å². The van der Waals surface area contributed by atoms with Gasteiger partial charge in [-0.1, -0.05) is 12.1 Å². The number of carbonyl (C=O) groups excluding carboxylic acids is 1. The summed E-state index contributed by atoms with van der Waals surface area (Å²) in [4.78, 5) is 15.0. The van der Waals surface area contributed by atoms with Crippen molar-refractivity contribution >= 4 is 36.4 Å². The van der Waals surface area contributed by atoms with Crippen molar-refractivity contribution in [2.45, 2.75) is 24.9 Å². The third kappa shape index (κ3) is 5.53. The Bertz CT molecular complexity index is 747. The zero-order valence-corrected chi connectivity index (χ0v) is 18.1. The molecule has 28 heavy (non-hydrogen) atoms. The second-order valence-electron chi connectivity index (χ2n) is 6.61. The quantitative estimate of drug-likeness (QED) is 0.736. The molecular weight excluding hydrogens is 401 g/mol. The number of carbonyl (C=O) groups is 1. The maximum atomic E-state index is 12.7. The summed E-state index contributed by atoms with van der Waals surface area (Å²) in [6.07, 6.45) is 5.41. The van der Waals surface area contributed by atoms with Crippen LogP contribution >= 0.6 is 24.8 Å². The smallest absolute Gasteiger partial charge is 0.242 e. The maximum Gasteiger partial charge on any atom is 0.242 e. The average molecular weight is 430 g/mol. The van der Waals surface area contributed by atoms with Gasteiger partial charge in [0, 0.05) is 37.9 Å². The predicted octanol–water partition coefficient (Wildman–Crippen LogP) is 2.32. The molecule has 7 nitrogen and oxygen atoms in total. The number of aromatic nitrogens is 2. The number of halogens is 2. The molecule has 1 unspecified atom stereocenters. The molecule has 2 N–H and O–H groups in total. The highest BCUT2D eigenvalue weighted by Gasteiger charge is 2.26. The molecule has 9 heteroatoms. The lowest BCUT2D eigenvalue weighted by Crippen LogP contribution is -2.47. The largest absolute Gasteiger partial charge is 0.495 e. The highest BCUT2D eigenvalue weighted by molar-refractivity contribution is 5.85. The fourth-order valence-electron chi connectivity index (χ4n) is 3.48. The monoisotopic (exact) mass is 429 g/mol. The SMILES string of the molecule is CNC(C(=O)NC1CCN(c2ccccc2OC)CC1)c1cnn(C)c1.Cl.Cl. The summed E-state index contributed by atoms with van der Waals surface area (Å²) in [5, 5.41) is 10.4. The van der Waals surface area contributed by atoms with Crippen molar-refractivity contribution in [1.82, 2.24) is 20.4 Å². The molecule has 1 aliphatic rings. The Kier molecular flexibility index (Phi) is 9.58. The zero-order chi connectivity index (χ0) is 18.5. The van der Waals surface area contributed by atoms with Crippen molar-refractivity contribution < 1.29 is 9.53 Å². The van der Waals surface area contributed by atoms with Gasteiger partial charge in [-0.2, -0.15) is 5.10 Å². The molecule has 156 valence electrons. The van der Waals surface area contributed by atoms with Gasteiger partial charge in [-0.25, -0.2) is 0 Å². The van der Waals surface area contributed by atoms with Gasteiger partial charge in [0.15, 0.2) is 0 Å². The van der Waals surface area contributed by atoms with Gasteiger partial charge in [0.2, 0.25) is 5.91 Å². The van der Waals surface area contributed by atoms with Crippen LogP contribution in [0.1, 0.15) is 24.4 Å². The van der Waals surface area contributed by atoms with E-state index in [2.05, 4.69) is 26.7 Å². The molecule has 2 heterocycles. The van der Waals surface area contributed by atoms with Crippen molar-refractivity contribution in [2.24, 2.45) is 7.05 Å². The molecule has 1 aliphatic heterocycles. The number of amides is 1. The van der Waals surface area contributed by atoms with Crippen LogP contribution < -0.4 is 20.3 Å². The second-order valence-corrected chi connectivity index (χ2v) is 6.61. The number of nitrogens with one attached hydrogen (secondary N) is 2. The lowest BCUT2D eigenvalue weighted by Gasteiger charge is -2.35. The lowest BCUT2D eigenvalue weighted by molar-refractivity contribution is -0.124. The summed E-state index contributed by atoms with van der Waals surface area (Å²) < 4.78 is 7.17. The fraction of sp³-hybridized carbons (Fsp3) is 0.474. The van der Waals surface area contributed by atoms with Crippen LogP contribution in [0.5, 0.6) is 5.75 Å². The number of rotatable bonds is 6. The normalized spacial score (nSPS) is 15.2. The van der Waals surface area contributed by atoms with Crippen LogP contribution in [0.25, 0.3) is 0 Å². The van der Waals surface area contributed by atoms with Gasteiger partial charge >= 0.3 is 0 Å². The topological polar surface area (TPSA) is 71.4 Å². The van der Waals surface area contributed by atoms with Crippen LogP contribution in [0.2, 0.25) is 0 Å². The minimum Gasteiger partial charge on any atom is -0.495 e. The van der Waals surface area contributed by atoms with Crippen molar-refractivity contribution in [3.63, 3.8) is 0 Å². The molecule has 1 fully saturated rings. The van der Waals surface area contributed by atoms with Crippen molar-refractivity contribution in [3.05, 3.63) is 42.2 Å². The first-order chi connectivity index (χ1) is 12.6. The lowest BCUT2D eigenvalue weighted by atomic mass is 10.0. The van der Waals surface area contributed by atoms with Crippen molar-refractivity contribution in [3.8, 4) is 5.75 Å². The number of benzene rings is 1. The van der Waals surface area contributed by atoms with Gasteiger partial charge < -0.3 is 20.3 Å². The molecule has 1 aromatic carbocycles. The van der Waals surface area contributed by atoms with E-state index in [1.807, 2.05) is 31.4 Å². The first-order valence-electron chi connectivity index (χ1n) is 8.96. The van der Waals surface area contributed by atoms with Gasteiger partial charge in [0.1, 0.15) is 11.8 Å². The molecule has 0 saturated carbocycles. The van der Waals surface area contributed by atoms with Gasteiger partial charge in [-0.3, -0.25) is 9.48 Å². The summed E-state index contributed by atoms with van der Waals surface area (Å²) in [6.45, 7) is 1.78. The van der Waals surface area contributed by atoms with Gasteiger partial charge in [-0.15, -0.1) is 24.8 Å². The van der Waals surface area contributed by atoms with E-state index in [0.29, 0.717) is 0 Å². The number of anilines is 1. The van der Waals surface area contributed by atoms with E-state index in [4.69, 9.17) is 4.74 Å². The molecule has 3 rings (SSSR count). The number of piperidine rings is 1. The second kappa shape index (κ2) is 11.1. The molecule has 2 aromatic rings. The Labute approximate surface area is 178 Å². The highest BCUT2D eigenvalue weighted by atomic mass is 35.5. The summed E-state index contributed by atoms with van der Waals surface area (Å²) >= 11 is 0. The number of hydrogen-bond donors (Lipinski definition) is 2. The van der Waals surface area contributed by atoms with E-state index in [0.717, 1.165) is 42.9 Å². The minimum atomic E-state index is -0.379. The van der Waals surface area contributed by atoms with Crippen LogP contribution in [0, 0.1) is 0 Å². The van der Waals surface area contributed by atoms with E-state index in [9.17, 15) is 4.79 Å². The van der Waals surface area contributed by atoms with Gasteiger partial charge in [0.05, 0.1) is 19.0 Å². The molecule has 0 spiro atoms. The summed E-state index contributed by atoms with van der Waals surface area (Å²) in [5.41, 5.74) is 1.99. The number of nitrogens with zero attached hydrogens (tertiary/aromatic N) is 3. The number of ether oxygens (including phenoxy) is 1. The first kappa shape index (κ1) is 24.1. The Balaban J connectivity index is 0.00000196. The number of methoxy groups -OCH3 is 1. The Morgan fingerprint density at radius 3 is 2.50 bits per heavy atom. The van der Waals surface area contributed by atoms with Crippen LogP contribution in [-0.2, 0) is 11.8 Å². The molecule has 0 radical (unpaired) electrons. The Morgan fingerprint density at radius 2 is 1.93 bits per heavy atom. The minimum absolute atomic E-state index is 0. The molecule has 1 atom stereocenters. The van der Waals surface area contributed by atoms with E-state index < -0.39 is 0 Å². The molecule has 1 saturated heterocycles. The first-order valence-corrected chi connectivity index (χ1v) is 8.96. The number of hydrogen-bond acceptors (Lipinski definition) is 5. The highest BCUT2D eigenvalue weighted by Crippen LogP contribution is 2.30. The van der Waals surface area contributed by atoms with Gasteiger partial charge in [-0.05, 0) is 32.0 Å². The number of aryl methyl sites for hydroxylation is 1. The van der Waals surface area contributed by atoms with E-state index in [-0.39, 0.29) is 42.8 Å². The van der Waals surface area contributed by atoms with Crippen molar-refractivity contribution in [2.75, 3.05) is 32.1 Å². The van der Waals surface area contributed by atoms with Crippen molar-refractivity contribution in [1.29, 1.82) is 0 Å². The van der Waals surface area contributed by atoms with Crippen LogP contribution in [0.4, 0.5) is 5.69 Å². The standard InChI is InChI=1S/C19H27N5O2.2ClH/c1-20-18(14-12-21-23(2)13-14)19(25)22-15-8-10-24(11-9-15)16-6-4-5-7-17(16)26-3;;/h4-7,12-13,15,18,20H,8-11H2,1-3H3,(H,22,25);2*1H. The van der Waals surface area contributed by atoms with Crippen LogP contribution in [0.15, 0.2) is 36.7 Å². The summed E-state index contributed by atoms with van der Waals surface area (Å²) in [5.74, 6) is 0.887. The molecule has 1 aromatic heterocycles. The zero-order valence-electron chi connectivity index (χ0n) is 16.4. The third-order valence-corrected chi connectivity index (χ3v) is 4.88. The maximum absolute atomic E-state index is 12.7. The van der Waals surface area contributed by atoms with Gasteiger partial charge in [0.25, 0.3) is 0 Å². The third-order valence-electron chi connectivity index (χ3n) is 4.88. The molecular formula is C19H29Cl2N5O2. The van der Waals surface area contributed by atoms with E-state index in [1.165, 1.54) is 0 Å². The Hall–Kier alpha value is -1.96. The van der Waals surface area contributed by atoms with Crippen LogP contribution in [0.3, 0.4) is 0 Å². The average Bonchev–Trinajstić information content (AvgIpc) is 3.09.